The van der Waals surface area contributed by atoms with Crippen molar-refractivity contribution in [2.75, 3.05) is 6.54 Å². The molecule has 5 nitrogen and oxygen atoms in total. The van der Waals surface area contributed by atoms with E-state index in [2.05, 4.69) is 16.6 Å². The van der Waals surface area contributed by atoms with Crippen LogP contribution in [0.25, 0.3) is 0 Å². The van der Waals surface area contributed by atoms with Gasteiger partial charge in [0.1, 0.15) is 0 Å². The predicted molar refractivity (Wildman–Crippen MR) is 76.6 cm³/mol. The fraction of sp³-hybridized carbons (Fsp3) is 0.333. The van der Waals surface area contributed by atoms with Crippen LogP contribution in [0.3, 0.4) is 0 Å². The third-order valence-corrected chi connectivity index (χ3v) is 2.66. The van der Waals surface area contributed by atoms with Gasteiger partial charge in [-0.1, -0.05) is 18.1 Å². The molecule has 20 heavy (non-hydrogen) atoms. The molecular formula is C15H18N2O3. The largest absolute Gasteiger partial charge is 0.478 e. The van der Waals surface area contributed by atoms with Gasteiger partial charge < -0.3 is 15.7 Å². The van der Waals surface area contributed by atoms with Gasteiger partial charge in [-0.3, -0.25) is 0 Å². The average Bonchev–Trinajstić information content (AvgIpc) is 2.38. The summed E-state index contributed by atoms with van der Waals surface area (Å²) < 4.78 is 0. The van der Waals surface area contributed by atoms with Gasteiger partial charge in [0, 0.05) is 6.54 Å². The highest BCUT2D eigenvalue weighted by Gasteiger charge is 2.16. The number of urea groups is 1. The average molecular weight is 274 g/mol. The molecule has 0 bridgehead atoms. The number of hydrogen-bond acceptors (Lipinski definition) is 2. The summed E-state index contributed by atoms with van der Waals surface area (Å²) in [5.41, 5.74) is 0.384. The fourth-order valence-electron chi connectivity index (χ4n) is 1.54. The van der Waals surface area contributed by atoms with Gasteiger partial charge >= 0.3 is 12.0 Å². The highest BCUT2D eigenvalue weighted by Crippen LogP contribution is 2.05. The van der Waals surface area contributed by atoms with Crippen LogP contribution in [0.1, 0.15) is 29.8 Å². The van der Waals surface area contributed by atoms with Crippen molar-refractivity contribution in [1.29, 1.82) is 0 Å². The Kier molecular flexibility index (Phi) is 5.15. The van der Waals surface area contributed by atoms with Crippen LogP contribution in [0.5, 0.6) is 0 Å². The standard InChI is InChI=1S/C15H18N2O3/c1-4-15(2,3)17-14(20)16-9-8-11-6-5-7-12(10-11)13(18)19/h1,5-7,10H,8-9H2,2-3H3,(H,18,19)(H2,16,17,20). The first-order valence-corrected chi connectivity index (χ1v) is 6.20. The number of carboxylic acids is 1. The molecule has 0 radical (unpaired) electrons. The number of carbonyl (C=O) groups is 2. The van der Waals surface area contributed by atoms with E-state index in [0.29, 0.717) is 13.0 Å². The Hall–Kier alpha value is -2.48. The zero-order valence-corrected chi connectivity index (χ0v) is 11.6. The Balaban J connectivity index is 2.45. The van der Waals surface area contributed by atoms with Crippen molar-refractivity contribution in [3.8, 4) is 12.3 Å². The van der Waals surface area contributed by atoms with Crippen molar-refractivity contribution in [1.82, 2.24) is 10.6 Å². The van der Waals surface area contributed by atoms with Gasteiger partial charge in [0.05, 0.1) is 11.1 Å². The Morgan fingerprint density at radius 2 is 2.10 bits per heavy atom. The summed E-state index contributed by atoms with van der Waals surface area (Å²) in [6, 6.07) is 6.27. The number of carboxylic acid groups (broad SMARTS) is 1. The number of nitrogens with one attached hydrogen (secondary N) is 2. The van der Waals surface area contributed by atoms with E-state index in [9.17, 15) is 9.59 Å². The molecule has 0 aliphatic heterocycles. The van der Waals surface area contributed by atoms with Crippen LogP contribution in [0, 0.1) is 12.3 Å². The summed E-state index contributed by atoms with van der Waals surface area (Å²) in [4.78, 5) is 22.4. The lowest BCUT2D eigenvalue weighted by molar-refractivity contribution is 0.0696. The molecule has 0 aliphatic rings. The summed E-state index contributed by atoms with van der Waals surface area (Å²) in [6.45, 7) is 3.85. The molecule has 0 aliphatic carbocycles. The van der Waals surface area contributed by atoms with Crippen molar-refractivity contribution in [3.05, 3.63) is 35.4 Å². The smallest absolute Gasteiger partial charge is 0.335 e. The molecule has 5 heteroatoms. The van der Waals surface area contributed by atoms with Gasteiger partial charge in [-0.05, 0) is 38.0 Å². The molecule has 0 fully saturated rings. The van der Waals surface area contributed by atoms with Gasteiger partial charge in [0.15, 0.2) is 0 Å². The number of aromatic carboxylic acids is 1. The van der Waals surface area contributed by atoms with Crippen molar-refractivity contribution in [2.24, 2.45) is 0 Å². The van der Waals surface area contributed by atoms with E-state index >= 15 is 0 Å². The number of hydrogen-bond donors (Lipinski definition) is 3. The maximum atomic E-state index is 11.6. The summed E-state index contributed by atoms with van der Waals surface area (Å²) in [5, 5.41) is 14.2. The van der Waals surface area contributed by atoms with Crippen molar-refractivity contribution >= 4 is 12.0 Å². The normalized spacial score (nSPS) is 10.4. The third-order valence-electron chi connectivity index (χ3n) is 2.66. The number of rotatable bonds is 5. The number of carbonyl (C=O) groups excluding carboxylic acids is 1. The molecule has 0 atom stereocenters. The van der Waals surface area contributed by atoms with E-state index in [1.165, 1.54) is 6.07 Å². The van der Waals surface area contributed by atoms with Crippen LogP contribution in [-0.4, -0.2) is 29.2 Å². The molecule has 1 aromatic rings. The van der Waals surface area contributed by atoms with E-state index in [4.69, 9.17) is 11.5 Å². The SMILES string of the molecule is C#CC(C)(C)NC(=O)NCCc1cccc(C(=O)O)c1. The first-order valence-electron chi connectivity index (χ1n) is 6.20. The predicted octanol–water partition coefficient (Wildman–Crippen LogP) is 1.64. The first kappa shape index (κ1) is 15.6. The molecule has 1 rings (SSSR count). The summed E-state index contributed by atoms with van der Waals surface area (Å²) in [7, 11) is 0. The third kappa shape index (κ3) is 5.02. The second-order valence-corrected chi connectivity index (χ2v) is 4.91. The highest BCUT2D eigenvalue weighted by molar-refractivity contribution is 5.87. The molecular weight excluding hydrogens is 256 g/mol. The number of terminal acetylenes is 1. The lowest BCUT2D eigenvalue weighted by atomic mass is 10.1. The van der Waals surface area contributed by atoms with E-state index in [1.807, 2.05) is 6.07 Å². The summed E-state index contributed by atoms with van der Waals surface area (Å²) >= 11 is 0. The van der Waals surface area contributed by atoms with E-state index in [-0.39, 0.29) is 11.6 Å². The minimum Gasteiger partial charge on any atom is -0.478 e. The highest BCUT2D eigenvalue weighted by atomic mass is 16.4. The van der Waals surface area contributed by atoms with Crippen LogP contribution >= 0.6 is 0 Å². The second-order valence-electron chi connectivity index (χ2n) is 4.91. The molecule has 0 saturated carbocycles. The molecule has 0 spiro atoms. The fourth-order valence-corrected chi connectivity index (χ4v) is 1.54. The summed E-state index contributed by atoms with van der Waals surface area (Å²) in [6.07, 6.45) is 5.82. The van der Waals surface area contributed by atoms with Crippen molar-refractivity contribution < 1.29 is 14.7 Å². The van der Waals surface area contributed by atoms with Crippen LogP contribution in [-0.2, 0) is 6.42 Å². The quantitative estimate of drug-likeness (QED) is 0.714. The van der Waals surface area contributed by atoms with Gasteiger partial charge in [0.25, 0.3) is 0 Å². The Morgan fingerprint density at radius 3 is 2.70 bits per heavy atom. The molecule has 106 valence electrons. The Morgan fingerprint density at radius 1 is 1.40 bits per heavy atom. The van der Waals surface area contributed by atoms with Crippen LogP contribution in [0.15, 0.2) is 24.3 Å². The van der Waals surface area contributed by atoms with E-state index < -0.39 is 11.5 Å². The minimum absolute atomic E-state index is 0.236. The van der Waals surface area contributed by atoms with E-state index in [0.717, 1.165) is 5.56 Å². The van der Waals surface area contributed by atoms with Gasteiger partial charge in [-0.15, -0.1) is 6.42 Å². The lowest BCUT2D eigenvalue weighted by Gasteiger charge is -2.19. The van der Waals surface area contributed by atoms with Crippen molar-refractivity contribution in [3.63, 3.8) is 0 Å². The molecule has 0 saturated heterocycles. The summed E-state index contributed by atoms with van der Waals surface area (Å²) in [5.74, 6) is 1.50. The Labute approximate surface area is 118 Å². The van der Waals surface area contributed by atoms with Crippen molar-refractivity contribution in [2.45, 2.75) is 25.8 Å². The second kappa shape index (κ2) is 6.62. The van der Waals surface area contributed by atoms with Crippen LogP contribution < -0.4 is 10.6 Å². The van der Waals surface area contributed by atoms with Crippen LogP contribution in [0.2, 0.25) is 0 Å². The first-order chi connectivity index (χ1) is 9.34. The minimum atomic E-state index is -0.965. The monoisotopic (exact) mass is 274 g/mol. The van der Waals surface area contributed by atoms with Gasteiger partial charge in [-0.2, -0.15) is 0 Å². The maximum Gasteiger partial charge on any atom is 0.335 e. The maximum absolute atomic E-state index is 11.6. The van der Waals surface area contributed by atoms with Crippen LogP contribution in [0.4, 0.5) is 4.79 Å². The molecule has 3 N–H and O–H groups in total. The number of amides is 2. The molecule has 1 aromatic carbocycles. The molecule has 2 amide bonds. The molecule has 0 heterocycles. The van der Waals surface area contributed by atoms with E-state index in [1.54, 1.807) is 26.0 Å². The zero-order chi connectivity index (χ0) is 15.2. The Bertz CT molecular complexity index is 544. The molecule has 0 aromatic heterocycles. The van der Waals surface area contributed by atoms with Gasteiger partial charge in [0.2, 0.25) is 0 Å². The topological polar surface area (TPSA) is 78.4 Å². The number of benzene rings is 1. The van der Waals surface area contributed by atoms with Gasteiger partial charge in [-0.25, -0.2) is 9.59 Å². The molecule has 0 unspecified atom stereocenters. The zero-order valence-electron chi connectivity index (χ0n) is 11.6. The lowest BCUT2D eigenvalue weighted by Crippen LogP contribution is -2.47.